The number of hydrogen-bond acceptors (Lipinski definition) is 31. The fraction of sp³-hybridized carbons (Fsp3) is 0.221. The minimum absolute atomic E-state index is 0.158. The predicted octanol–water partition coefficient (Wildman–Crippen LogP) is 16.3. The number of esters is 2. The van der Waals surface area contributed by atoms with E-state index in [1.54, 1.807) is 105 Å². The third-order valence-electron chi connectivity index (χ3n) is 15.2. The van der Waals surface area contributed by atoms with Crippen molar-refractivity contribution in [2.24, 2.45) is 0 Å². The SMILES string of the molecule is C=C(C)c1ccc2sc(C(=O)Nc3sccc3C(=O)NC(=O)OCC)cc2c1.CCOC(=O)CC(=O)c1ccsc1NC(=O)c1nc2cc(CNC(=O)OC)cnc2s1.CCOC(=O)CC(=O)c1ccsc1NC(=O)c1nc2ccc(OCCOC)cc2s1.CCOC(=O)NC(=O)c1ccsc1NC(=O)c1cc2cc(C)ccc2s1. The van der Waals surface area contributed by atoms with E-state index in [0.717, 1.165) is 52.9 Å². The highest BCUT2D eigenvalue weighted by atomic mass is 32.1. The molecule has 0 aliphatic heterocycles. The summed E-state index contributed by atoms with van der Waals surface area (Å²) in [6.07, 6.45) is -1.41. The minimum Gasteiger partial charge on any atom is -0.491 e. The van der Waals surface area contributed by atoms with Gasteiger partial charge in [-0.2, -0.15) is 0 Å². The topological polar surface area (TPSA) is 409 Å². The highest BCUT2D eigenvalue weighted by Gasteiger charge is 2.26. The molecule has 38 heteroatoms. The monoisotopic (exact) mass is 1710 g/mol. The molecule has 0 bridgehead atoms. The summed E-state index contributed by atoms with van der Waals surface area (Å²) < 4.78 is 36.9. The molecule has 0 saturated heterocycles. The van der Waals surface area contributed by atoms with E-state index in [1.807, 2.05) is 68.4 Å². The minimum atomic E-state index is -0.825. The lowest BCUT2D eigenvalue weighted by Gasteiger charge is -2.06. The number of nitrogens with zero attached hydrogens (tertiary/aromatic N) is 3. The molecule has 12 rings (SSSR count). The molecule has 0 atom stereocenters. The first-order valence-electron chi connectivity index (χ1n) is 34.5. The van der Waals surface area contributed by atoms with Gasteiger partial charge in [-0.15, -0.1) is 79.4 Å². The third kappa shape index (κ3) is 24.6. The van der Waals surface area contributed by atoms with Crippen LogP contribution in [-0.4, -0.2) is 146 Å². The van der Waals surface area contributed by atoms with Crippen molar-refractivity contribution in [1.82, 2.24) is 30.9 Å². The van der Waals surface area contributed by atoms with Crippen molar-refractivity contribution < 1.29 is 95.5 Å². The Morgan fingerprint density at radius 1 is 0.461 bits per heavy atom. The lowest BCUT2D eigenvalue weighted by molar-refractivity contribution is -0.143. The van der Waals surface area contributed by atoms with Crippen molar-refractivity contribution in [3.63, 3.8) is 0 Å². The summed E-state index contributed by atoms with van der Waals surface area (Å²) in [6, 6.07) is 28.9. The van der Waals surface area contributed by atoms with E-state index in [4.69, 9.17) is 28.4 Å². The number of carbonyl (C=O) groups excluding carboxylic acids is 13. The fourth-order valence-electron chi connectivity index (χ4n) is 9.93. The van der Waals surface area contributed by atoms with Crippen LogP contribution in [0.4, 0.5) is 34.4 Å². The number of allylic oxidation sites excluding steroid dienone is 1. The Hall–Kier alpha value is -11.9. The highest BCUT2D eigenvalue weighted by molar-refractivity contribution is 7.22. The Bertz CT molecular complexity index is 5630. The van der Waals surface area contributed by atoms with Crippen molar-refractivity contribution in [3.05, 3.63) is 190 Å². The van der Waals surface area contributed by atoms with Gasteiger partial charge in [-0.05, 0) is 164 Å². The molecule has 9 heterocycles. The van der Waals surface area contributed by atoms with Gasteiger partial charge in [0.25, 0.3) is 35.4 Å². The lowest BCUT2D eigenvalue weighted by Crippen LogP contribution is -2.31. The first kappa shape index (κ1) is 87.1. The molecule has 12 aromatic rings. The van der Waals surface area contributed by atoms with E-state index in [1.165, 1.54) is 86.5 Å². The number of nitrogens with one attached hydrogen (secondary N) is 7. The number of aryl methyl sites for hydroxylation is 1. The molecule has 30 nitrogen and oxygen atoms in total. The van der Waals surface area contributed by atoms with Crippen molar-refractivity contribution in [3.8, 4) is 5.75 Å². The number of anilines is 4. The number of hydrogen-bond donors (Lipinski definition) is 7. The van der Waals surface area contributed by atoms with Crippen LogP contribution in [0.25, 0.3) is 46.3 Å². The Labute approximate surface area is 687 Å². The number of fused-ring (bicyclic) bond motifs is 4. The third-order valence-corrected chi connectivity index (χ3v) is 22.8. The van der Waals surface area contributed by atoms with Crippen LogP contribution in [0.2, 0.25) is 0 Å². The van der Waals surface area contributed by atoms with Gasteiger partial charge in [-0.1, -0.05) is 47.3 Å². The Morgan fingerprint density at radius 3 is 1.44 bits per heavy atom. The largest absolute Gasteiger partial charge is 0.491 e. The molecule has 598 valence electrons. The molecule has 9 aromatic heterocycles. The van der Waals surface area contributed by atoms with E-state index >= 15 is 0 Å². The number of alkyl carbamates (subject to hydrolysis) is 3. The Balaban J connectivity index is 0.000000176. The Kier molecular flexibility index (Phi) is 32.0. The van der Waals surface area contributed by atoms with E-state index < -0.39 is 71.8 Å². The molecule has 3 aromatic carbocycles. The number of Topliss-reactive ketones (excluding diaryl/α,β-unsaturated/α-hetero) is 2. The van der Waals surface area contributed by atoms with Crippen LogP contribution in [0, 0.1) is 6.92 Å². The average Bonchev–Trinajstić information content (AvgIpc) is 1.69. The van der Waals surface area contributed by atoms with Crippen LogP contribution in [-0.2, 0) is 44.6 Å². The van der Waals surface area contributed by atoms with Gasteiger partial charge in [0.05, 0.1) is 82.4 Å². The van der Waals surface area contributed by atoms with Crippen molar-refractivity contribution in [2.45, 2.75) is 60.9 Å². The molecular formula is C77H72N10O20S8. The molecule has 0 aliphatic carbocycles. The van der Waals surface area contributed by atoms with Crippen LogP contribution in [0.3, 0.4) is 0 Å². The van der Waals surface area contributed by atoms with E-state index in [9.17, 15) is 62.3 Å². The number of methoxy groups -OCH3 is 2. The molecule has 0 unspecified atom stereocenters. The maximum Gasteiger partial charge on any atom is 0.414 e. The average molecular weight is 1710 g/mol. The first-order chi connectivity index (χ1) is 55.3. The van der Waals surface area contributed by atoms with Crippen LogP contribution in [0.15, 0.2) is 131 Å². The molecule has 0 fully saturated rings. The summed E-state index contributed by atoms with van der Waals surface area (Å²) >= 11 is 9.85. The number of thiazole rings is 2. The zero-order valence-corrected chi connectivity index (χ0v) is 69.0. The number of carbonyl (C=O) groups is 13. The molecule has 9 amide bonds. The quantitative estimate of drug-likeness (QED) is 0.00826. The smallest absolute Gasteiger partial charge is 0.414 e. The summed E-state index contributed by atoms with van der Waals surface area (Å²) in [6.45, 7) is 16.3. The second-order valence-electron chi connectivity index (χ2n) is 23.4. The van der Waals surface area contributed by atoms with Gasteiger partial charge in [0.1, 0.15) is 55.5 Å². The first-order valence-corrected chi connectivity index (χ1v) is 41.3. The van der Waals surface area contributed by atoms with Crippen LogP contribution in [0.1, 0.15) is 145 Å². The molecule has 0 spiro atoms. The molecule has 0 radical (unpaired) electrons. The molecule has 115 heavy (non-hydrogen) atoms. The summed E-state index contributed by atoms with van der Waals surface area (Å²) in [7, 11) is 2.87. The molecular weight excluding hydrogens is 1640 g/mol. The number of thiophene rings is 6. The summed E-state index contributed by atoms with van der Waals surface area (Å²) in [4.78, 5) is 171. The number of imide groups is 2. The maximum absolute atomic E-state index is 12.7. The molecule has 0 saturated carbocycles. The summed E-state index contributed by atoms with van der Waals surface area (Å²) in [5, 5.41) is 28.2. The number of pyridine rings is 1. The second-order valence-corrected chi connectivity index (χ2v) is 31.3. The molecule has 7 N–H and O–H groups in total. The number of aromatic nitrogens is 3. The lowest BCUT2D eigenvalue weighted by atomic mass is 10.1. The van der Waals surface area contributed by atoms with Gasteiger partial charge in [0, 0.05) is 29.3 Å². The van der Waals surface area contributed by atoms with Gasteiger partial charge < -0.3 is 59.7 Å². The van der Waals surface area contributed by atoms with Crippen molar-refractivity contribution in [1.29, 1.82) is 0 Å². The van der Waals surface area contributed by atoms with E-state index in [2.05, 4.69) is 63.5 Å². The number of benzene rings is 3. The number of rotatable bonds is 27. The zero-order chi connectivity index (χ0) is 82.8. The van der Waals surface area contributed by atoms with Crippen LogP contribution < -0.4 is 42.0 Å². The summed E-state index contributed by atoms with van der Waals surface area (Å²) in [5.41, 5.74) is 5.91. The standard InChI is InChI=1S/C20H20N2O6S2.C20H18N2O4S2.C19H18N4O6S2.C18H16N2O4S2/c1-3-27-17(24)11-15(23)13-6-9-29-19(13)22-18(25)20-21-14-5-4-12(10-16(14)30-20)28-8-7-26-2;1-4-26-20(25)22-17(23)14-7-8-27-19(14)21-18(24)16-10-13-9-12(11(2)3)5-6-15(13)28-16;1-3-29-14(25)7-13(24)11-4-5-30-16(11)23-15(26)18-22-12-6-10(8-20-17(12)31-18)9-21-19(27)28-2;1-3-24-18(23)20-15(21)12-6-7-25-17(12)19-16(22)14-9-11-8-10(2)4-5-13(11)26-14/h4-6,9-10H,3,7-8,11H2,1-2H3,(H,22,25);5-10H,2,4H2,1,3H3,(H,21,24)(H,22,23,25);4-6,8H,3,7,9H2,1-2H3,(H,21,27)(H,23,26);4-9H,3H2,1-2H3,(H,19,22)(H,20,21,23). The normalized spacial score (nSPS) is 10.6. The van der Waals surface area contributed by atoms with Gasteiger partial charge in [0.15, 0.2) is 21.6 Å². The zero-order valence-electron chi connectivity index (χ0n) is 62.5. The van der Waals surface area contributed by atoms with Crippen molar-refractivity contribution >= 4 is 234 Å². The van der Waals surface area contributed by atoms with Crippen LogP contribution >= 0.6 is 90.7 Å². The van der Waals surface area contributed by atoms with Gasteiger partial charge >= 0.3 is 30.2 Å². The predicted molar refractivity (Wildman–Crippen MR) is 446 cm³/mol. The van der Waals surface area contributed by atoms with Gasteiger partial charge in [-0.25, -0.2) is 29.3 Å². The van der Waals surface area contributed by atoms with Crippen LogP contribution in [0.5, 0.6) is 5.75 Å². The maximum atomic E-state index is 12.7. The van der Waals surface area contributed by atoms with Gasteiger partial charge in [0.2, 0.25) is 0 Å². The van der Waals surface area contributed by atoms with E-state index in [-0.39, 0.29) is 83.5 Å². The number of ether oxygens (including phenoxy) is 7. The fourth-order valence-corrected chi connectivity index (χ4v) is 16.6. The second kappa shape index (κ2) is 42.3. The molecule has 0 aliphatic rings. The van der Waals surface area contributed by atoms with Gasteiger partial charge in [-0.3, -0.25) is 58.6 Å². The summed E-state index contributed by atoms with van der Waals surface area (Å²) in [5.74, 6) is -4.18. The van der Waals surface area contributed by atoms with E-state index in [0.29, 0.717) is 70.1 Å². The Morgan fingerprint density at radius 2 is 0.939 bits per heavy atom. The number of ketones is 2. The van der Waals surface area contributed by atoms with Crippen molar-refractivity contribution in [2.75, 3.05) is 75.1 Å². The highest BCUT2D eigenvalue weighted by Crippen LogP contribution is 2.35. The number of amides is 9.